The molecule has 0 bridgehead atoms. The quantitative estimate of drug-likeness (QED) is 0.769. The van der Waals surface area contributed by atoms with Gasteiger partial charge in [-0.1, -0.05) is 19.1 Å². The van der Waals surface area contributed by atoms with Crippen molar-refractivity contribution in [2.24, 2.45) is 0 Å². The summed E-state index contributed by atoms with van der Waals surface area (Å²) in [5.41, 5.74) is -0.0126. The minimum Gasteiger partial charge on any atom is -0.465 e. The molecule has 0 radical (unpaired) electrons. The van der Waals surface area contributed by atoms with Crippen molar-refractivity contribution < 1.29 is 23.1 Å². The molecule has 7 heteroatoms. The molecule has 0 aromatic heterocycles. The van der Waals surface area contributed by atoms with Gasteiger partial charge in [-0.3, -0.25) is 0 Å². The van der Waals surface area contributed by atoms with Gasteiger partial charge >= 0.3 is 5.97 Å². The lowest BCUT2D eigenvalue weighted by atomic mass is 10.2. The average molecular weight is 287 g/mol. The van der Waals surface area contributed by atoms with Crippen LogP contribution in [0.15, 0.2) is 29.2 Å². The lowest BCUT2D eigenvalue weighted by molar-refractivity contribution is 0.0596. The van der Waals surface area contributed by atoms with Gasteiger partial charge in [-0.05, 0) is 12.1 Å². The number of ether oxygens (including phenoxy) is 1. The number of hydrogen-bond donors (Lipinski definition) is 1. The standard InChI is InChI=1S/C12H17NO5S/c1-3-13(8-9-14)19(16,17)11-7-5-4-6-10(11)12(15)18-2/h4-7,14H,3,8-9H2,1-2H3. The highest BCUT2D eigenvalue weighted by Crippen LogP contribution is 2.20. The second-order valence-corrected chi connectivity index (χ2v) is 5.61. The number of carbonyl (C=O) groups is 1. The molecular weight excluding hydrogens is 270 g/mol. The van der Waals surface area contributed by atoms with Crippen LogP contribution in [0.2, 0.25) is 0 Å². The van der Waals surface area contributed by atoms with Gasteiger partial charge in [-0.15, -0.1) is 0 Å². The summed E-state index contributed by atoms with van der Waals surface area (Å²) >= 11 is 0. The second kappa shape index (κ2) is 6.65. The van der Waals surface area contributed by atoms with Gasteiger partial charge in [-0.25, -0.2) is 13.2 Å². The molecule has 1 aromatic carbocycles. The topological polar surface area (TPSA) is 83.9 Å². The van der Waals surface area contributed by atoms with E-state index < -0.39 is 16.0 Å². The number of aliphatic hydroxyl groups is 1. The van der Waals surface area contributed by atoms with Crippen LogP contribution in [0.4, 0.5) is 0 Å². The molecule has 0 heterocycles. The summed E-state index contributed by atoms with van der Waals surface area (Å²) in [4.78, 5) is 11.5. The number of likely N-dealkylation sites (N-methyl/N-ethyl adjacent to an activating group) is 1. The van der Waals surface area contributed by atoms with Crippen molar-refractivity contribution in [2.75, 3.05) is 26.8 Å². The SMILES string of the molecule is CCN(CCO)S(=O)(=O)c1ccccc1C(=O)OC. The Labute approximate surface area is 112 Å². The molecule has 0 spiro atoms. The molecule has 6 nitrogen and oxygen atoms in total. The van der Waals surface area contributed by atoms with Crippen LogP contribution in [0.25, 0.3) is 0 Å². The number of carbonyl (C=O) groups excluding carboxylic acids is 1. The first-order valence-corrected chi connectivity index (χ1v) is 7.21. The van der Waals surface area contributed by atoms with E-state index in [4.69, 9.17) is 5.11 Å². The van der Waals surface area contributed by atoms with Crippen LogP contribution in [0.1, 0.15) is 17.3 Å². The first-order valence-electron chi connectivity index (χ1n) is 5.77. The molecule has 0 saturated heterocycles. The first kappa shape index (κ1) is 15.6. The third-order valence-corrected chi connectivity index (χ3v) is 4.64. The fourth-order valence-electron chi connectivity index (χ4n) is 1.67. The first-order chi connectivity index (χ1) is 8.98. The minimum absolute atomic E-state index is 0.0126. The van der Waals surface area contributed by atoms with Crippen molar-refractivity contribution in [1.29, 1.82) is 0 Å². The number of methoxy groups -OCH3 is 1. The molecule has 1 aromatic rings. The van der Waals surface area contributed by atoms with E-state index in [1.807, 2.05) is 0 Å². The lowest BCUT2D eigenvalue weighted by Gasteiger charge is -2.20. The van der Waals surface area contributed by atoms with Gasteiger partial charge in [-0.2, -0.15) is 4.31 Å². The molecule has 1 N–H and O–H groups in total. The number of benzene rings is 1. The molecule has 0 fully saturated rings. The number of aliphatic hydroxyl groups excluding tert-OH is 1. The van der Waals surface area contributed by atoms with E-state index in [0.717, 1.165) is 4.31 Å². The maximum atomic E-state index is 12.4. The third-order valence-electron chi connectivity index (χ3n) is 2.61. The van der Waals surface area contributed by atoms with Crippen LogP contribution < -0.4 is 0 Å². The summed E-state index contributed by atoms with van der Waals surface area (Å²) in [6.07, 6.45) is 0. The van der Waals surface area contributed by atoms with Crippen molar-refractivity contribution >= 4 is 16.0 Å². The Balaban J connectivity index is 3.32. The Hall–Kier alpha value is -1.44. The van der Waals surface area contributed by atoms with Crippen molar-refractivity contribution in [2.45, 2.75) is 11.8 Å². The van der Waals surface area contributed by atoms with Crippen LogP contribution in [0, 0.1) is 0 Å². The summed E-state index contributed by atoms with van der Waals surface area (Å²) in [5.74, 6) is -0.709. The lowest BCUT2D eigenvalue weighted by Crippen LogP contribution is -2.34. The second-order valence-electron chi connectivity index (χ2n) is 3.71. The monoisotopic (exact) mass is 287 g/mol. The zero-order valence-corrected chi connectivity index (χ0v) is 11.7. The highest BCUT2D eigenvalue weighted by atomic mass is 32.2. The predicted molar refractivity (Wildman–Crippen MR) is 69.3 cm³/mol. The number of hydrogen-bond acceptors (Lipinski definition) is 5. The Bertz CT molecular complexity index is 541. The molecule has 0 aliphatic rings. The molecule has 0 saturated carbocycles. The summed E-state index contributed by atoms with van der Waals surface area (Å²) in [5, 5.41) is 8.90. The van der Waals surface area contributed by atoms with Gasteiger partial charge in [0.05, 0.1) is 24.2 Å². The van der Waals surface area contributed by atoms with Crippen LogP contribution >= 0.6 is 0 Å². The number of nitrogens with zero attached hydrogens (tertiary/aromatic N) is 1. The van der Waals surface area contributed by atoms with Crippen molar-refractivity contribution in [3.05, 3.63) is 29.8 Å². The molecule has 19 heavy (non-hydrogen) atoms. The molecule has 0 aliphatic carbocycles. The van der Waals surface area contributed by atoms with E-state index in [1.165, 1.54) is 25.3 Å². The Morgan fingerprint density at radius 1 is 1.37 bits per heavy atom. The molecule has 0 unspecified atom stereocenters. The van der Waals surface area contributed by atoms with E-state index in [1.54, 1.807) is 13.0 Å². The van der Waals surface area contributed by atoms with Gasteiger partial charge in [0.1, 0.15) is 0 Å². The van der Waals surface area contributed by atoms with Gasteiger partial charge in [0.25, 0.3) is 0 Å². The maximum absolute atomic E-state index is 12.4. The summed E-state index contributed by atoms with van der Waals surface area (Å²) in [6, 6.07) is 5.84. The Kier molecular flexibility index (Phi) is 5.46. The fourth-order valence-corrected chi connectivity index (χ4v) is 3.29. The molecular formula is C12H17NO5S. The van der Waals surface area contributed by atoms with Crippen molar-refractivity contribution in [1.82, 2.24) is 4.31 Å². The highest BCUT2D eigenvalue weighted by Gasteiger charge is 2.27. The Morgan fingerprint density at radius 2 is 2.00 bits per heavy atom. The molecule has 1 rings (SSSR count). The molecule has 0 amide bonds. The van der Waals surface area contributed by atoms with Crippen LogP contribution in [-0.4, -0.2) is 50.6 Å². The van der Waals surface area contributed by atoms with Crippen molar-refractivity contribution in [3.63, 3.8) is 0 Å². The van der Waals surface area contributed by atoms with Gasteiger partial charge in [0.2, 0.25) is 10.0 Å². The summed E-state index contributed by atoms with van der Waals surface area (Å²) in [6.45, 7) is 1.56. The van der Waals surface area contributed by atoms with E-state index in [9.17, 15) is 13.2 Å². The zero-order valence-electron chi connectivity index (χ0n) is 10.9. The largest absolute Gasteiger partial charge is 0.465 e. The average Bonchev–Trinajstić information content (AvgIpc) is 2.43. The summed E-state index contributed by atoms with van der Waals surface area (Å²) < 4.78 is 30.5. The molecule has 0 aliphatic heterocycles. The van der Waals surface area contributed by atoms with Gasteiger partial charge in [0, 0.05) is 13.1 Å². The minimum atomic E-state index is -3.83. The van der Waals surface area contributed by atoms with Crippen LogP contribution in [0.3, 0.4) is 0 Å². The summed E-state index contributed by atoms with van der Waals surface area (Å²) in [7, 11) is -2.64. The molecule has 106 valence electrons. The predicted octanol–water partition coefficient (Wildman–Crippen LogP) is 0.476. The normalized spacial score (nSPS) is 11.6. The number of rotatable bonds is 6. The van der Waals surface area contributed by atoms with Crippen LogP contribution in [-0.2, 0) is 14.8 Å². The Morgan fingerprint density at radius 3 is 2.53 bits per heavy atom. The van der Waals surface area contributed by atoms with Crippen molar-refractivity contribution in [3.8, 4) is 0 Å². The smallest absolute Gasteiger partial charge is 0.339 e. The van der Waals surface area contributed by atoms with E-state index >= 15 is 0 Å². The highest BCUT2D eigenvalue weighted by molar-refractivity contribution is 7.89. The third kappa shape index (κ3) is 3.31. The van der Waals surface area contributed by atoms with Gasteiger partial charge in [0.15, 0.2) is 0 Å². The molecule has 0 atom stereocenters. The zero-order chi connectivity index (χ0) is 14.5. The van der Waals surface area contributed by atoms with Gasteiger partial charge < -0.3 is 9.84 Å². The number of esters is 1. The van der Waals surface area contributed by atoms with E-state index in [0.29, 0.717) is 0 Å². The van der Waals surface area contributed by atoms with Crippen LogP contribution in [0.5, 0.6) is 0 Å². The van der Waals surface area contributed by atoms with E-state index in [-0.39, 0.29) is 30.2 Å². The number of sulfonamides is 1. The fraction of sp³-hybridized carbons (Fsp3) is 0.417. The maximum Gasteiger partial charge on any atom is 0.339 e. The van der Waals surface area contributed by atoms with E-state index in [2.05, 4.69) is 4.74 Å².